The molecule has 2 heterocycles. The molecule has 6 nitrogen and oxygen atoms in total. The first kappa shape index (κ1) is 13.6. The van der Waals surface area contributed by atoms with Gasteiger partial charge in [-0.05, 0) is 31.0 Å². The van der Waals surface area contributed by atoms with E-state index in [1.807, 2.05) is 13.1 Å². The van der Waals surface area contributed by atoms with Gasteiger partial charge in [-0.3, -0.25) is 9.48 Å². The number of aromatic nitrogens is 3. The number of hydrogen-bond donors (Lipinski definition) is 0. The molecule has 0 bridgehead atoms. The molecule has 3 rings (SSSR count). The lowest BCUT2D eigenvalue weighted by atomic mass is 10.2. The van der Waals surface area contributed by atoms with E-state index in [1.54, 1.807) is 30.1 Å². The topological polar surface area (TPSA) is 60.2 Å². The van der Waals surface area contributed by atoms with E-state index in [1.165, 1.54) is 24.9 Å². The average molecular weight is 286 g/mol. The molecule has 0 unspecified atom stereocenters. The van der Waals surface area contributed by atoms with Crippen LogP contribution < -0.4 is 9.64 Å². The molecule has 0 radical (unpaired) electrons. The predicted octanol–water partition coefficient (Wildman–Crippen LogP) is 1.98. The van der Waals surface area contributed by atoms with Crippen LogP contribution in [-0.4, -0.2) is 34.8 Å². The van der Waals surface area contributed by atoms with Crippen LogP contribution in [0.3, 0.4) is 0 Å². The number of methoxy groups -OCH3 is 1. The molecule has 0 N–H and O–H groups in total. The third kappa shape index (κ3) is 2.49. The summed E-state index contributed by atoms with van der Waals surface area (Å²) in [6.45, 7) is 0. The molecule has 0 atom stereocenters. The molecule has 0 saturated heterocycles. The van der Waals surface area contributed by atoms with Gasteiger partial charge in [-0.1, -0.05) is 0 Å². The number of ether oxygens (including phenoxy) is 1. The Morgan fingerprint density at radius 2 is 2.24 bits per heavy atom. The van der Waals surface area contributed by atoms with Gasteiger partial charge >= 0.3 is 0 Å². The quantitative estimate of drug-likeness (QED) is 0.862. The first-order chi connectivity index (χ1) is 10.1. The molecule has 1 fully saturated rings. The van der Waals surface area contributed by atoms with E-state index in [0.29, 0.717) is 23.2 Å². The van der Waals surface area contributed by atoms with Gasteiger partial charge in [0, 0.05) is 31.9 Å². The van der Waals surface area contributed by atoms with Gasteiger partial charge in [-0.2, -0.15) is 5.10 Å². The number of aryl methyl sites for hydroxylation is 1. The number of nitrogens with zero attached hydrogens (tertiary/aromatic N) is 4. The standard InChI is InChI=1S/C15H18N4O2/c1-18(12-5-4-8-16-14(12)21-3)15(20)11-9-13(10-6-7-10)19(2)17-11/h4-5,8-10H,6-7H2,1-3H3. The van der Waals surface area contributed by atoms with Crippen molar-refractivity contribution < 1.29 is 9.53 Å². The number of hydrogen-bond acceptors (Lipinski definition) is 4. The summed E-state index contributed by atoms with van der Waals surface area (Å²) < 4.78 is 7.00. The lowest BCUT2D eigenvalue weighted by Gasteiger charge is -2.17. The fourth-order valence-electron chi connectivity index (χ4n) is 2.42. The van der Waals surface area contributed by atoms with Crippen LogP contribution in [0.5, 0.6) is 5.88 Å². The largest absolute Gasteiger partial charge is 0.480 e. The highest BCUT2D eigenvalue weighted by Crippen LogP contribution is 2.40. The van der Waals surface area contributed by atoms with Crippen molar-refractivity contribution in [3.8, 4) is 5.88 Å². The minimum Gasteiger partial charge on any atom is -0.480 e. The van der Waals surface area contributed by atoms with Crippen molar-refractivity contribution in [3.63, 3.8) is 0 Å². The summed E-state index contributed by atoms with van der Waals surface area (Å²) in [6, 6.07) is 5.46. The monoisotopic (exact) mass is 286 g/mol. The van der Waals surface area contributed by atoms with Gasteiger partial charge in [0.1, 0.15) is 5.69 Å². The van der Waals surface area contributed by atoms with Crippen molar-refractivity contribution in [1.29, 1.82) is 0 Å². The second kappa shape index (κ2) is 5.20. The van der Waals surface area contributed by atoms with Crippen LogP contribution in [-0.2, 0) is 7.05 Å². The number of pyridine rings is 1. The van der Waals surface area contributed by atoms with E-state index in [9.17, 15) is 4.79 Å². The van der Waals surface area contributed by atoms with Crippen LogP contribution >= 0.6 is 0 Å². The first-order valence-electron chi connectivity index (χ1n) is 6.93. The third-order valence-corrected chi connectivity index (χ3v) is 3.74. The predicted molar refractivity (Wildman–Crippen MR) is 78.7 cm³/mol. The molecule has 0 spiro atoms. The van der Waals surface area contributed by atoms with Gasteiger partial charge < -0.3 is 9.64 Å². The summed E-state index contributed by atoms with van der Waals surface area (Å²) in [6.07, 6.45) is 3.99. The molecular formula is C15H18N4O2. The highest BCUT2D eigenvalue weighted by atomic mass is 16.5. The summed E-state index contributed by atoms with van der Waals surface area (Å²) in [5, 5.41) is 4.34. The van der Waals surface area contributed by atoms with E-state index < -0.39 is 0 Å². The van der Waals surface area contributed by atoms with Gasteiger partial charge in [-0.15, -0.1) is 0 Å². The van der Waals surface area contributed by atoms with Crippen molar-refractivity contribution in [2.45, 2.75) is 18.8 Å². The number of anilines is 1. The normalized spacial score (nSPS) is 14.0. The van der Waals surface area contributed by atoms with Crippen molar-refractivity contribution >= 4 is 11.6 Å². The molecule has 110 valence electrons. The Labute approximate surface area is 123 Å². The van der Waals surface area contributed by atoms with Crippen molar-refractivity contribution in [1.82, 2.24) is 14.8 Å². The molecule has 2 aromatic heterocycles. The molecule has 1 aliphatic rings. The maximum atomic E-state index is 12.6. The van der Waals surface area contributed by atoms with Gasteiger partial charge in [0.15, 0.2) is 5.69 Å². The van der Waals surface area contributed by atoms with Crippen molar-refractivity contribution in [3.05, 3.63) is 35.8 Å². The second-order valence-electron chi connectivity index (χ2n) is 5.25. The van der Waals surface area contributed by atoms with Crippen LogP contribution in [0.1, 0.15) is 34.9 Å². The number of carbonyl (C=O) groups is 1. The summed E-state index contributed by atoms with van der Waals surface area (Å²) in [7, 11) is 5.12. The van der Waals surface area contributed by atoms with Crippen LogP contribution in [0.25, 0.3) is 0 Å². The molecule has 0 aliphatic heterocycles. The Bertz CT molecular complexity index is 676. The first-order valence-corrected chi connectivity index (χ1v) is 6.93. The Hall–Kier alpha value is -2.37. The molecule has 1 amide bonds. The zero-order valence-electron chi connectivity index (χ0n) is 12.4. The molecule has 21 heavy (non-hydrogen) atoms. The lowest BCUT2D eigenvalue weighted by molar-refractivity contribution is 0.0987. The summed E-state index contributed by atoms with van der Waals surface area (Å²) in [4.78, 5) is 18.2. The van der Waals surface area contributed by atoms with Crippen LogP contribution in [0.4, 0.5) is 5.69 Å². The van der Waals surface area contributed by atoms with Gasteiger partial charge in [0.2, 0.25) is 5.88 Å². The van der Waals surface area contributed by atoms with Crippen LogP contribution in [0, 0.1) is 0 Å². The Kier molecular flexibility index (Phi) is 3.37. The maximum absolute atomic E-state index is 12.6. The Morgan fingerprint density at radius 1 is 1.48 bits per heavy atom. The molecule has 6 heteroatoms. The summed E-state index contributed by atoms with van der Waals surface area (Å²) >= 11 is 0. The fraction of sp³-hybridized carbons (Fsp3) is 0.400. The highest BCUT2D eigenvalue weighted by Gasteiger charge is 2.29. The number of amides is 1. The van der Waals surface area contributed by atoms with Crippen molar-refractivity contribution in [2.75, 3.05) is 19.1 Å². The van der Waals surface area contributed by atoms with E-state index in [4.69, 9.17) is 4.74 Å². The molecule has 2 aromatic rings. The number of carbonyl (C=O) groups excluding carboxylic acids is 1. The van der Waals surface area contributed by atoms with E-state index in [0.717, 1.165) is 5.69 Å². The molecule has 1 saturated carbocycles. The molecule has 1 aliphatic carbocycles. The van der Waals surface area contributed by atoms with Gasteiger partial charge in [0.25, 0.3) is 5.91 Å². The third-order valence-electron chi connectivity index (χ3n) is 3.74. The Balaban J connectivity index is 1.88. The van der Waals surface area contributed by atoms with Crippen LogP contribution in [0.2, 0.25) is 0 Å². The maximum Gasteiger partial charge on any atom is 0.278 e. The van der Waals surface area contributed by atoms with Crippen LogP contribution in [0.15, 0.2) is 24.4 Å². The zero-order chi connectivity index (χ0) is 15.0. The van der Waals surface area contributed by atoms with Crippen molar-refractivity contribution in [2.24, 2.45) is 7.05 Å². The minimum atomic E-state index is -0.163. The summed E-state index contributed by atoms with van der Waals surface area (Å²) in [5.41, 5.74) is 2.21. The van der Waals surface area contributed by atoms with E-state index in [-0.39, 0.29) is 5.91 Å². The van der Waals surface area contributed by atoms with Gasteiger partial charge in [-0.25, -0.2) is 4.98 Å². The zero-order valence-corrected chi connectivity index (χ0v) is 12.4. The van der Waals surface area contributed by atoms with E-state index in [2.05, 4.69) is 10.1 Å². The fourth-order valence-corrected chi connectivity index (χ4v) is 2.42. The highest BCUT2D eigenvalue weighted by molar-refractivity contribution is 6.05. The number of rotatable bonds is 4. The Morgan fingerprint density at radius 3 is 2.90 bits per heavy atom. The summed E-state index contributed by atoms with van der Waals surface area (Å²) in [5.74, 6) is 0.817. The second-order valence-corrected chi connectivity index (χ2v) is 5.25. The SMILES string of the molecule is COc1ncccc1N(C)C(=O)c1cc(C2CC2)n(C)n1. The molecule has 0 aromatic carbocycles. The lowest BCUT2D eigenvalue weighted by Crippen LogP contribution is -2.27. The van der Waals surface area contributed by atoms with E-state index >= 15 is 0 Å². The molecular weight excluding hydrogens is 268 g/mol. The smallest absolute Gasteiger partial charge is 0.278 e. The average Bonchev–Trinajstić information content (AvgIpc) is 3.28. The minimum absolute atomic E-state index is 0.163. The van der Waals surface area contributed by atoms with Gasteiger partial charge in [0.05, 0.1) is 7.11 Å².